The summed E-state index contributed by atoms with van der Waals surface area (Å²) in [6.07, 6.45) is -4.83. The number of benzene rings is 3. The first-order valence-corrected chi connectivity index (χ1v) is 12.2. The number of nitrogens with zero attached hydrogens (tertiary/aromatic N) is 4. The van der Waals surface area contributed by atoms with Crippen molar-refractivity contribution in [3.05, 3.63) is 78.1 Å². The molecule has 0 aliphatic rings. The van der Waals surface area contributed by atoms with Gasteiger partial charge in [0.25, 0.3) is 10.0 Å². The minimum Gasteiger partial charge on any atom is -0.494 e. The highest BCUT2D eigenvalue weighted by atomic mass is 32.2. The van der Waals surface area contributed by atoms with E-state index in [-0.39, 0.29) is 33.7 Å². The van der Waals surface area contributed by atoms with E-state index in [1.54, 1.807) is 13.1 Å². The van der Waals surface area contributed by atoms with Gasteiger partial charge in [0.2, 0.25) is 5.95 Å². The van der Waals surface area contributed by atoms with E-state index < -0.39 is 27.6 Å². The van der Waals surface area contributed by atoms with E-state index in [4.69, 9.17) is 4.74 Å². The normalized spacial score (nSPS) is 11.9. The first-order chi connectivity index (χ1) is 17.4. The Morgan fingerprint density at radius 1 is 1.00 bits per heavy atom. The van der Waals surface area contributed by atoms with Crippen molar-refractivity contribution in [2.24, 2.45) is 7.05 Å². The van der Waals surface area contributed by atoms with Crippen molar-refractivity contribution in [1.82, 2.24) is 14.8 Å². The van der Waals surface area contributed by atoms with E-state index >= 15 is 0 Å². The molecule has 13 heteroatoms. The van der Waals surface area contributed by atoms with Crippen LogP contribution >= 0.6 is 0 Å². The molecule has 37 heavy (non-hydrogen) atoms. The van der Waals surface area contributed by atoms with Crippen molar-refractivity contribution in [2.45, 2.75) is 11.1 Å². The molecule has 0 amide bonds. The van der Waals surface area contributed by atoms with Gasteiger partial charge in [-0.2, -0.15) is 13.2 Å². The zero-order chi connectivity index (χ0) is 27.0. The summed E-state index contributed by atoms with van der Waals surface area (Å²) in [5.74, 6) is -0.526. The van der Waals surface area contributed by atoms with Crippen LogP contribution in [0.2, 0.25) is 0 Å². The number of halogens is 4. The molecule has 0 aliphatic heterocycles. The number of anilines is 3. The molecular weight excluding hydrogens is 514 g/mol. The van der Waals surface area contributed by atoms with Gasteiger partial charge in [-0.3, -0.25) is 9.29 Å². The van der Waals surface area contributed by atoms with Gasteiger partial charge in [-0.1, -0.05) is 18.2 Å². The van der Waals surface area contributed by atoms with Gasteiger partial charge in [0.15, 0.2) is 17.4 Å². The lowest BCUT2D eigenvalue weighted by Gasteiger charge is -2.19. The predicted octanol–water partition coefficient (Wildman–Crippen LogP) is 5.22. The molecule has 1 N–H and O–H groups in total. The highest BCUT2D eigenvalue weighted by molar-refractivity contribution is 7.92. The summed E-state index contributed by atoms with van der Waals surface area (Å²) in [6, 6.07) is 14.4. The van der Waals surface area contributed by atoms with Crippen LogP contribution in [0.3, 0.4) is 0 Å². The van der Waals surface area contributed by atoms with Crippen LogP contribution in [0.5, 0.6) is 5.75 Å². The number of methoxy groups -OCH3 is 1. The summed E-state index contributed by atoms with van der Waals surface area (Å²) in [5, 5.41) is 7.96. The fraction of sp³-hybridized carbons (Fsp3) is 0.167. The molecule has 0 atom stereocenters. The van der Waals surface area contributed by atoms with Gasteiger partial charge in [-0.25, -0.2) is 12.8 Å². The van der Waals surface area contributed by atoms with Crippen LogP contribution in [0.1, 0.15) is 5.56 Å². The minimum atomic E-state index is -4.83. The van der Waals surface area contributed by atoms with Gasteiger partial charge in [-0.05, 0) is 42.5 Å². The van der Waals surface area contributed by atoms with Gasteiger partial charge >= 0.3 is 6.18 Å². The van der Waals surface area contributed by atoms with Crippen LogP contribution in [-0.4, -0.2) is 37.3 Å². The van der Waals surface area contributed by atoms with Crippen molar-refractivity contribution < 1.29 is 30.7 Å². The standard InChI is InChI=1S/C24H21F4N5O3S/c1-32(16-10-12-20(25)21(14-16)36-3)23-30-29-22(33(23)2)18-11-9-15(13-19(18)24(26,27)28)31-37(34,35)17-7-5-4-6-8-17/h4-14,31H,1-3H3. The summed E-state index contributed by atoms with van der Waals surface area (Å²) >= 11 is 0. The Kier molecular flexibility index (Phi) is 6.82. The number of ether oxygens (including phenoxy) is 1. The van der Waals surface area contributed by atoms with Crippen LogP contribution in [0.15, 0.2) is 71.6 Å². The molecule has 0 bridgehead atoms. The van der Waals surface area contributed by atoms with E-state index in [0.717, 1.165) is 6.07 Å². The molecule has 0 saturated heterocycles. The molecule has 0 saturated carbocycles. The third-order valence-electron chi connectivity index (χ3n) is 5.55. The number of alkyl halides is 3. The van der Waals surface area contributed by atoms with Crippen molar-refractivity contribution >= 4 is 27.3 Å². The van der Waals surface area contributed by atoms with Crippen LogP contribution in [0.25, 0.3) is 11.4 Å². The fourth-order valence-corrected chi connectivity index (χ4v) is 4.74. The van der Waals surface area contributed by atoms with Crippen molar-refractivity contribution in [1.29, 1.82) is 0 Å². The lowest BCUT2D eigenvalue weighted by Crippen LogP contribution is -2.16. The largest absolute Gasteiger partial charge is 0.494 e. The predicted molar refractivity (Wildman–Crippen MR) is 130 cm³/mol. The molecule has 0 fully saturated rings. The third kappa shape index (κ3) is 5.21. The first-order valence-electron chi connectivity index (χ1n) is 10.7. The quantitative estimate of drug-likeness (QED) is 0.327. The van der Waals surface area contributed by atoms with Crippen molar-refractivity contribution in [3.63, 3.8) is 0 Å². The fourth-order valence-electron chi connectivity index (χ4n) is 3.67. The van der Waals surface area contributed by atoms with Gasteiger partial charge in [-0.15, -0.1) is 10.2 Å². The van der Waals surface area contributed by atoms with E-state index in [1.807, 2.05) is 0 Å². The number of hydrogen-bond donors (Lipinski definition) is 1. The molecule has 4 aromatic rings. The highest BCUT2D eigenvalue weighted by Crippen LogP contribution is 2.39. The Morgan fingerprint density at radius 3 is 2.35 bits per heavy atom. The summed E-state index contributed by atoms with van der Waals surface area (Å²) in [7, 11) is 0.279. The lowest BCUT2D eigenvalue weighted by atomic mass is 10.1. The second-order valence-electron chi connectivity index (χ2n) is 7.94. The smallest absolute Gasteiger partial charge is 0.417 e. The van der Waals surface area contributed by atoms with Crippen molar-refractivity contribution in [2.75, 3.05) is 23.8 Å². The average molecular weight is 536 g/mol. The minimum absolute atomic E-state index is 0.0142. The molecule has 1 aromatic heterocycles. The monoisotopic (exact) mass is 535 g/mol. The molecular formula is C24H21F4N5O3S. The Balaban J connectivity index is 1.72. The summed E-state index contributed by atoms with van der Waals surface area (Å²) in [6.45, 7) is 0. The Bertz CT molecular complexity index is 1540. The summed E-state index contributed by atoms with van der Waals surface area (Å²) < 4.78 is 89.7. The molecule has 0 aliphatic carbocycles. The van der Waals surface area contributed by atoms with E-state index in [9.17, 15) is 26.0 Å². The Morgan fingerprint density at radius 2 is 1.70 bits per heavy atom. The average Bonchev–Trinajstić information content (AvgIpc) is 3.24. The Labute approximate surface area is 210 Å². The van der Waals surface area contributed by atoms with E-state index in [2.05, 4.69) is 14.9 Å². The summed E-state index contributed by atoms with van der Waals surface area (Å²) in [4.78, 5) is 1.42. The second kappa shape index (κ2) is 9.73. The maximum atomic E-state index is 14.1. The SMILES string of the molecule is COc1cc(N(C)c2nnc(-c3ccc(NS(=O)(=O)c4ccccc4)cc3C(F)(F)F)n2C)ccc1F. The molecule has 0 radical (unpaired) electrons. The molecule has 4 rings (SSSR count). The molecule has 1 heterocycles. The first kappa shape index (κ1) is 25.9. The highest BCUT2D eigenvalue weighted by Gasteiger charge is 2.36. The van der Waals surface area contributed by atoms with Gasteiger partial charge in [0.05, 0.1) is 17.6 Å². The number of hydrogen-bond acceptors (Lipinski definition) is 6. The van der Waals surface area contributed by atoms with E-state index in [1.165, 1.54) is 72.2 Å². The van der Waals surface area contributed by atoms with Gasteiger partial charge in [0, 0.05) is 37.1 Å². The third-order valence-corrected chi connectivity index (χ3v) is 6.94. The van der Waals surface area contributed by atoms with Crippen LogP contribution < -0.4 is 14.4 Å². The molecule has 0 spiro atoms. The zero-order valence-electron chi connectivity index (χ0n) is 19.8. The molecule has 3 aromatic carbocycles. The number of rotatable bonds is 7. The molecule has 0 unspecified atom stereocenters. The Hall–Kier alpha value is -4.13. The van der Waals surface area contributed by atoms with Crippen LogP contribution in [-0.2, 0) is 23.2 Å². The van der Waals surface area contributed by atoms with Crippen LogP contribution in [0.4, 0.5) is 34.9 Å². The zero-order valence-corrected chi connectivity index (χ0v) is 20.6. The maximum absolute atomic E-state index is 14.1. The van der Waals surface area contributed by atoms with Gasteiger partial charge in [0.1, 0.15) is 0 Å². The van der Waals surface area contributed by atoms with Crippen molar-refractivity contribution in [3.8, 4) is 17.1 Å². The summed E-state index contributed by atoms with van der Waals surface area (Å²) in [5.41, 5.74) is -1.21. The molecule has 8 nitrogen and oxygen atoms in total. The van der Waals surface area contributed by atoms with E-state index in [0.29, 0.717) is 11.8 Å². The number of aromatic nitrogens is 3. The van der Waals surface area contributed by atoms with Crippen LogP contribution in [0, 0.1) is 5.82 Å². The maximum Gasteiger partial charge on any atom is 0.417 e. The topological polar surface area (TPSA) is 89.3 Å². The van der Waals surface area contributed by atoms with Gasteiger partial charge < -0.3 is 9.64 Å². The molecule has 194 valence electrons. The number of sulfonamides is 1. The second-order valence-corrected chi connectivity index (χ2v) is 9.62. The number of nitrogens with one attached hydrogen (secondary N) is 1. The lowest BCUT2D eigenvalue weighted by molar-refractivity contribution is -0.137.